The van der Waals surface area contributed by atoms with Crippen molar-refractivity contribution in [2.24, 2.45) is 0 Å². The fraction of sp³-hybridized carbons (Fsp3) is 0.167. The molecule has 0 aliphatic carbocycles. The maximum atomic E-state index is 12.8. The number of methoxy groups -OCH3 is 4. The summed E-state index contributed by atoms with van der Waals surface area (Å²) in [5.41, 5.74) is 7.40. The van der Waals surface area contributed by atoms with Crippen molar-refractivity contribution in [3.8, 4) is 28.7 Å². The van der Waals surface area contributed by atoms with Gasteiger partial charge < -0.3 is 29.8 Å². The highest BCUT2D eigenvalue weighted by Crippen LogP contribution is 2.40. The van der Waals surface area contributed by atoms with Crippen LogP contribution in [-0.2, 0) is 10.0 Å². The molecule has 0 saturated carbocycles. The number of hydrogen-bond acceptors (Lipinski definition) is 8. The molecule has 0 radical (unpaired) electrons. The third kappa shape index (κ3) is 5.29. The zero-order chi connectivity index (χ0) is 24.9. The topological polar surface area (TPSA) is 129 Å². The van der Waals surface area contributed by atoms with E-state index in [1.807, 2.05) is 0 Å². The molecule has 0 heterocycles. The van der Waals surface area contributed by atoms with E-state index in [0.717, 1.165) is 5.56 Å². The number of nitrogens with one attached hydrogen (secondary N) is 1. The first-order valence-corrected chi connectivity index (χ1v) is 11.5. The van der Waals surface area contributed by atoms with Gasteiger partial charge in [0.05, 0.1) is 39.0 Å². The van der Waals surface area contributed by atoms with Gasteiger partial charge in [-0.1, -0.05) is 12.2 Å². The summed E-state index contributed by atoms with van der Waals surface area (Å²) in [6, 6.07) is 12.3. The molecule has 180 valence electrons. The molecule has 0 amide bonds. The number of sulfonamides is 1. The normalized spacial score (nSPS) is 11.3. The minimum atomic E-state index is -3.96. The largest absolute Gasteiger partial charge is 0.504 e. The molecule has 3 aromatic carbocycles. The predicted molar refractivity (Wildman–Crippen MR) is 131 cm³/mol. The number of phenols is 1. The van der Waals surface area contributed by atoms with Gasteiger partial charge in [0, 0.05) is 5.69 Å². The molecule has 0 fully saturated rings. The van der Waals surface area contributed by atoms with Crippen molar-refractivity contribution in [2.45, 2.75) is 4.90 Å². The molecule has 3 rings (SSSR count). The predicted octanol–water partition coefficient (Wildman–Crippen LogP) is 3.98. The van der Waals surface area contributed by atoms with Gasteiger partial charge in [0.15, 0.2) is 23.0 Å². The Hall–Kier alpha value is -4.05. The molecule has 34 heavy (non-hydrogen) atoms. The van der Waals surface area contributed by atoms with Gasteiger partial charge in [-0.25, -0.2) is 8.42 Å². The Morgan fingerprint density at radius 2 is 1.32 bits per heavy atom. The Labute approximate surface area is 198 Å². The maximum absolute atomic E-state index is 12.8. The molecule has 0 aliphatic rings. The highest BCUT2D eigenvalue weighted by atomic mass is 32.2. The van der Waals surface area contributed by atoms with Crippen LogP contribution in [0.2, 0.25) is 0 Å². The van der Waals surface area contributed by atoms with E-state index < -0.39 is 10.0 Å². The molecule has 0 saturated heterocycles. The molecule has 0 unspecified atom stereocenters. The van der Waals surface area contributed by atoms with Crippen LogP contribution < -0.4 is 29.4 Å². The second kappa shape index (κ2) is 10.3. The van der Waals surface area contributed by atoms with Gasteiger partial charge in [-0.3, -0.25) is 4.72 Å². The summed E-state index contributed by atoms with van der Waals surface area (Å²) in [6.07, 6.45) is 3.45. The lowest BCUT2D eigenvalue weighted by atomic mass is 10.1. The standard InChI is InChI=1S/C24H26N2O7S/c1-30-21-13-16(14-22(31-2)24(21)33-4)6-5-15-11-19(23(32-3)20(27)12-15)26-34(28,29)18-9-7-17(25)8-10-18/h5-14,26-27H,25H2,1-4H3. The third-order valence-electron chi connectivity index (χ3n) is 4.89. The molecule has 10 heteroatoms. The Morgan fingerprint density at radius 3 is 1.82 bits per heavy atom. The number of nitrogens with two attached hydrogens (primary N) is 1. The second-order valence-electron chi connectivity index (χ2n) is 7.09. The van der Waals surface area contributed by atoms with Gasteiger partial charge in [0.2, 0.25) is 5.75 Å². The number of ether oxygens (including phenoxy) is 4. The second-order valence-corrected chi connectivity index (χ2v) is 8.77. The van der Waals surface area contributed by atoms with Gasteiger partial charge in [0.1, 0.15) is 0 Å². The van der Waals surface area contributed by atoms with Crippen LogP contribution in [0.25, 0.3) is 12.2 Å². The minimum absolute atomic E-state index is 0.0102. The molecule has 4 N–H and O–H groups in total. The zero-order valence-electron chi connectivity index (χ0n) is 19.2. The Bertz CT molecular complexity index is 1280. The summed E-state index contributed by atoms with van der Waals surface area (Å²) in [5.74, 6) is 1.18. The smallest absolute Gasteiger partial charge is 0.262 e. The van der Waals surface area contributed by atoms with Crippen molar-refractivity contribution in [1.29, 1.82) is 0 Å². The Balaban J connectivity index is 1.98. The van der Waals surface area contributed by atoms with E-state index in [4.69, 9.17) is 24.7 Å². The lowest BCUT2D eigenvalue weighted by Gasteiger charge is -2.14. The summed E-state index contributed by atoms with van der Waals surface area (Å²) < 4.78 is 49.4. The fourth-order valence-electron chi connectivity index (χ4n) is 3.26. The lowest BCUT2D eigenvalue weighted by molar-refractivity contribution is 0.324. The van der Waals surface area contributed by atoms with E-state index >= 15 is 0 Å². The molecule has 0 aliphatic heterocycles. The Kier molecular flexibility index (Phi) is 7.42. The first-order chi connectivity index (χ1) is 16.2. The molecule has 0 aromatic heterocycles. The van der Waals surface area contributed by atoms with Crippen molar-refractivity contribution < 1.29 is 32.5 Å². The van der Waals surface area contributed by atoms with Gasteiger partial charge in [-0.2, -0.15) is 0 Å². The number of nitrogen functional groups attached to an aromatic ring is 1. The van der Waals surface area contributed by atoms with Crippen LogP contribution in [-0.4, -0.2) is 42.0 Å². The number of aromatic hydroxyl groups is 1. The van der Waals surface area contributed by atoms with Crippen molar-refractivity contribution in [1.82, 2.24) is 0 Å². The highest BCUT2D eigenvalue weighted by Gasteiger charge is 2.19. The van der Waals surface area contributed by atoms with Crippen molar-refractivity contribution in [2.75, 3.05) is 38.9 Å². The molecular weight excluding hydrogens is 460 g/mol. The molecule has 3 aromatic rings. The first kappa shape index (κ1) is 24.6. The number of anilines is 2. The van der Waals surface area contributed by atoms with Gasteiger partial charge >= 0.3 is 0 Å². The summed E-state index contributed by atoms with van der Waals surface area (Å²) in [6.45, 7) is 0. The van der Waals surface area contributed by atoms with Crippen LogP contribution in [0.5, 0.6) is 28.7 Å². The molecule has 0 bridgehead atoms. The van der Waals surface area contributed by atoms with Crippen LogP contribution in [0.4, 0.5) is 11.4 Å². The summed E-state index contributed by atoms with van der Waals surface area (Å²) >= 11 is 0. The van der Waals surface area contributed by atoms with Gasteiger partial charge in [-0.05, 0) is 59.7 Å². The average molecular weight is 487 g/mol. The monoisotopic (exact) mass is 486 g/mol. The van der Waals surface area contributed by atoms with E-state index in [-0.39, 0.29) is 22.1 Å². The zero-order valence-corrected chi connectivity index (χ0v) is 20.0. The van der Waals surface area contributed by atoms with E-state index in [1.165, 1.54) is 58.8 Å². The van der Waals surface area contributed by atoms with Crippen LogP contribution in [0, 0.1) is 0 Å². The van der Waals surface area contributed by atoms with Crippen molar-refractivity contribution in [3.05, 3.63) is 59.7 Å². The first-order valence-electron chi connectivity index (χ1n) is 9.99. The third-order valence-corrected chi connectivity index (χ3v) is 6.27. The highest BCUT2D eigenvalue weighted by molar-refractivity contribution is 7.92. The number of benzene rings is 3. The quantitative estimate of drug-likeness (QED) is 0.306. The van der Waals surface area contributed by atoms with E-state index in [0.29, 0.717) is 28.5 Å². The molecule has 0 spiro atoms. The summed E-state index contributed by atoms with van der Waals surface area (Å²) in [5, 5.41) is 10.4. The van der Waals surface area contributed by atoms with Crippen molar-refractivity contribution in [3.63, 3.8) is 0 Å². The Morgan fingerprint density at radius 1 is 0.794 bits per heavy atom. The van der Waals surface area contributed by atoms with Crippen LogP contribution in [0.15, 0.2) is 53.4 Å². The SMILES string of the molecule is COc1cc(C=Cc2cc(O)c(OC)c(NS(=O)(=O)c3ccc(N)cc3)c2)cc(OC)c1OC. The van der Waals surface area contributed by atoms with Gasteiger partial charge in [0.25, 0.3) is 10.0 Å². The van der Waals surface area contributed by atoms with Crippen molar-refractivity contribution >= 4 is 33.6 Å². The van der Waals surface area contributed by atoms with E-state index in [9.17, 15) is 13.5 Å². The van der Waals surface area contributed by atoms with Gasteiger partial charge in [-0.15, -0.1) is 0 Å². The maximum Gasteiger partial charge on any atom is 0.262 e. The number of hydrogen-bond donors (Lipinski definition) is 3. The molecular formula is C24H26N2O7S. The van der Waals surface area contributed by atoms with Crippen LogP contribution in [0.1, 0.15) is 11.1 Å². The fourth-order valence-corrected chi connectivity index (χ4v) is 4.32. The number of rotatable bonds is 9. The molecule has 0 atom stereocenters. The van der Waals surface area contributed by atoms with E-state index in [2.05, 4.69) is 4.72 Å². The lowest BCUT2D eigenvalue weighted by Crippen LogP contribution is -2.13. The molecule has 9 nitrogen and oxygen atoms in total. The average Bonchev–Trinajstić information content (AvgIpc) is 2.81. The minimum Gasteiger partial charge on any atom is -0.504 e. The van der Waals surface area contributed by atoms with E-state index in [1.54, 1.807) is 30.4 Å². The number of phenolic OH excluding ortho intramolecular Hbond substituents is 1. The summed E-state index contributed by atoms with van der Waals surface area (Å²) in [7, 11) is 1.93. The van der Waals surface area contributed by atoms with Crippen LogP contribution >= 0.6 is 0 Å². The van der Waals surface area contributed by atoms with Crippen LogP contribution in [0.3, 0.4) is 0 Å². The summed E-state index contributed by atoms with van der Waals surface area (Å²) in [4.78, 5) is 0.0154.